The molecule has 2 bridgehead atoms. The van der Waals surface area contributed by atoms with Gasteiger partial charge in [0.25, 0.3) is 0 Å². The van der Waals surface area contributed by atoms with Gasteiger partial charge in [-0.15, -0.1) is 12.8 Å². The van der Waals surface area contributed by atoms with Crippen molar-refractivity contribution in [3.63, 3.8) is 0 Å². The third-order valence-electron chi connectivity index (χ3n) is 2.84. The van der Waals surface area contributed by atoms with E-state index in [0.29, 0.717) is 0 Å². The number of rotatable bonds is 0. The lowest BCUT2D eigenvalue weighted by molar-refractivity contribution is 0.455. The summed E-state index contributed by atoms with van der Waals surface area (Å²) in [7, 11) is 2.62. The van der Waals surface area contributed by atoms with Crippen molar-refractivity contribution in [1.82, 2.24) is 0 Å². The smallest absolute Gasteiger partial charge is 0.117 e. The van der Waals surface area contributed by atoms with Crippen LogP contribution in [0.4, 0.5) is 0 Å². The minimum absolute atomic E-state index is 1.03. The maximum atomic E-state index is 4.00. The van der Waals surface area contributed by atoms with Crippen molar-refractivity contribution in [2.24, 2.45) is 0 Å². The van der Waals surface area contributed by atoms with E-state index in [0.717, 1.165) is 11.6 Å². The van der Waals surface area contributed by atoms with Gasteiger partial charge in [0.05, 0.1) is 0 Å². The fraction of sp³-hybridized carbons (Fsp3) is 0.800. The van der Waals surface area contributed by atoms with E-state index < -0.39 is 0 Å². The second-order valence-electron chi connectivity index (χ2n) is 3.57. The summed E-state index contributed by atoms with van der Waals surface area (Å²) >= 11 is 0. The maximum Gasteiger partial charge on any atom is 0.117 e. The van der Waals surface area contributed by atoms with Gasteiger partial charge < -0.3 is 0 Å². The van der Waals surface area contributed by atoms with Crippen molar-refractivity contribution >= 4 is 7.28 Å². The van der Waals surface area contributed by atoms with Gasteiger partial charge in [-0.25, -0.2) is 0 Å². The Bertz CT molecular complexity index is 108. The molecule has 2 aliphatic rings. The largest absolute Gasteiger partial charge is 0.124 e. The molecule has 2 fully saturated rings. The number of fused-ring (bicyclic) bond motifs is 2. The van der Waals surface area contributed by atoms with Gasteiger partial charge in [0, 0.05) is 0 Å². The minimum atomic E-state index is 1.03. The van der Waals surface area contributed by atoms with Crippen LogP contribution in [0.15, 0.2) is 0 Å². The second-order valence-corrected chi connectivity index (χ2v) is 3.57. The van der Waals surface area contributed by atoms with Crippen molar-refractivity contribution in [3.05, 3.63) is 0 Å². The van der Waals surface area contributed by atoms with E-state index in [2.05, 4.69) is 20.1 Å². The fourth-order valence-corrected chi connectivity index (χ4v) is 2.34. The summed E-state index contributed by atoms with van der Waals surface area (Å²) in [4.78, 5) is 0. The van der Waals surface area contributed by atoms with Crippen molar-refractivity contribution in [2.45, 2.75) is 50.2 Å². The van der Waals surface area contributed by atoms with Crippen LogP contribution in [-0.2, 0) is 0 Å². The molecule has 1 radical (unpaired) electrons. The average molecular weight is 147 g/mol. The van der Waals surface area contributed by atoms with E-state index in [4.69, 9.17) is 0 Å². The molecule has 1 heteroatoms. The van der Waals surface area contributed by atoms with Gasteiger partial charge in [0.1, 0.15) is 7.28 Å². The zero-order chi connectivity index (χ0) is 8.10. The first-order valence-electron chi connectivity index (χ1n) is 4.63. The van der Waals surface area contributed by atoms with Gasteiger partial charge in [0.2, 0.25) is 0 Å². The molecule has 0 aliphatic carbocycles. The summed E-state index contributed by atoms with van der Waals surface area (Å²) in [5.41, 5.74) is 0. The molecule has 0 N–H and O–H groups in total. The Hall–Kier alpha value is -0.375. The number of terminal acetylenes is 1. The molecule has 0 aromatic carbocycles. The molecule has 0 amide bonds. The molecular formula is C10H16B. The molecule has 11 heavy (non-hydrogen) atoms. The van der Waals surface area contributed by atoms with Gasteiger partial charge in [-0.3, -0.25) is 0 Å². The van der Waals surface area contributed by atoms with Crippen LogP contribution in [0.5, 0.6) is 0 Å². The van der Waals surface area contributed by atoms with Crippen molar-refractivity contribution in [1.29, 1.82) is 0 Å². The molecule has 2 rings (SSSR count). The first-order valence-corrected chi connectivity index (χ1v) is 4.63. The normalized spacial score (nSPS) is 34.4. The highest BCUT2D eigenvalue weighted by molar-refractivity contribution is 6.40. The van der Waals surface area contributed by atoms with Crippen LogP contribution in [-0.4, -0.2) is 7.28 Å². The van der Waals surface area contributed by atoms with Crippen LogP contribution in [0, 0.1) is 12.8 Å². The molecule has 2 heterocycles. The average Bonchev–Trinajstić information content (AvgIpc) is 2.08. The Morgan fingerprint density at radius 2 is 1.18 bits per heavy atom. The molecule has 0 aromatic rings. The fourth-order valence-electron chi connectivity index (χ4n) is 2.34. The first-order chi connectivity index (χ1) is 5.45. The van der Waals surface area contributed by atoms with E-state index >= 15 is 0 Å². The van der Waals surface area contributed by atoms with Crippen LogP contribution in [0.2, 0.25) is 11.6 Å². The van der Waals surface area contributed by atoms with Crippen LogP contribution >= 0.6 is 0 Å². The molecule has 2 saturated heterocycles. The van der Waals surface area contributed by atoms with Crippen LogP contribution in [0.1, 0.15) is 38.5 Å². The quantitative estimate of drug-likeness (QED) is 0.365. The summed E-state index contributed by atoms with van der Waals surface area (Å²) in [6, 6.07) is 0. The summed E-state index contributed by atoms with van der Waals surface area (Å²) in [6.45, 7) is 0. The van der Waals surface area contributed by atoms with Gasteiger partial charge in [-0.2, -0.15) is 0 Å². The predicted molar refractivity (Wildman–Crippen MR) is 50.8 cm³/mol. The maximum absolute atomic E-state index is 4.00. The van der Waals surface area contributed by atoms with Crippen LogP contribution in [0.25, 0.3) is 0 Å². The summed E-state index contributed by atoms with van der Waals surface area (Å²) in [5.74, 6) is 2.05. The topological polar surface area (TPSA) is 0 Å². The number of hydrogen-bond acceptors (Lipinski definition) is 0. The minimum Gasteiger partial charge on any atom is -0.124 e. The molecule has 59 valence electrons. The van der Waals surface area contributed by atoms with E-state index in [9.17, 15) is 0 Å². The third kappa shape index (κ3) is 2.29. The van der Waals surface area contributed by atoms with E-state index in [1.807, 2.05) is 0 Å². The van der Waals surface area contributed by atoms with Crippen molar-refractivity contribution < 1.29 is 0 Å². The lowest BCUT2D eigenvalue weighted by atomic mass is 9.44. The highest BCUT2D eigenvalue weighted by Crippen LogP contribution is 2.40. The summed E-state index contributed by atoms with van der Waals surface area (Å²) < 4.78 is 0. The molecule has 0 atom stereocenters. The zero-order valence-corrected chi connectivity index (χ0v) is 7.13. The highest BCUT2D eigenvalue weighted by atomic mass is 14.2. The molecular weight excluding hydrogens is 131 g/mol. The van der Waals surface area contributed by atoms with Gasteiger partial charge in [-0.05, 0) is 0 Å². The van der Waals surface area contributed by atoms with Crippen LogP contribution < -0.4 is 0 Å². The van der Waals surface area contributed by atoms with E-state index in [1.165, 1.54) is 38.5 Å². The van der Waals surface area contributed by atoms with Crippen LogP contribution in [0.3, 0.4) is 0 Å². The monoisotopic (exact) mass is 147 g/mol. The Balaban J connectivity index is 0.000000281. The SMILES string of the molecule is C#C.[B]1C2CCCC1CCC2. The van der Waals surface area contributed by atoms with Gasteiger partial charge in [-0.1, -0.05) is 50.2 Å². The van der Waals surface area contributed by atoms with Gasteiger partial charge >= 0.3 is 0 Å². The highest BCUT2D eigenvalue weighted by Gasteiger charge is 2.26. The summed E-state index contributed by atoms with van der Waals surface area (Å²) in [6.07, 6.45) is 17.0. The molecule has 0 spiro atoms. The van der Waals surface area contributed by atoms with E-state index in [1.54, 1.807) is 0 Å². The molecule has 0 nitrogen and oxygen atoms in total. The lowest BCUT2D eigenvalue weighted by Gasteiger charge is -2.33. The van der Waals surface area contributed by atoms with Crippen molar-refractivity contribution in [2.75, 3.05) is 0 Å². The predicted octanol–water partition coefficient (Wildman–Crippen LogP) is 2.88. The molecule has 0 saturated carbocycles. The first kappa shape index (κ1) is 8.72. The Morgan fingerprint density at radius 3 is 1.45 bits per heavy atom. The third-order valence-corrected chi connectivity index (χ3v) is 2.84. The number of hydrogen-bond donors (Lipinski definition) is 0. The molecule has 0 aromatic heterocycles. The second kappa shape index (κ2) is 4.49. The Kier molecular flexibility index (Phi) is 3.56. The molecule has 2 aliphatic heterocycles. The standard InChI is InChI=1S/C8H14B.C2H2/c1-3-7-5-2-6-8(4-1)9-7;1-2/h7-8H,1-6H2;1-2H. The summed E-state index contributed by atoms with van der Waals surface area (Å²) in [5, 5.41) is 0. The van der Waals surface area contributed by atoms with E-state index in [-0.39, 0.29) is 0 Å². The Labute approximate surface area is 71.0 Å². The van der Waals surface area contributed by atoms with Gasteiger partial charge in [0.15, 0.2) is 0 Å². The lowest BCUT2D eigenvalue weighted by Crippen LogP contribution is -2.21. The Morgan fingerprint density at radius 1 is 0.818 bits per heavy atom. The molecule has 0 unspecified atom stereocenters. The van der Waals surface area contributed by atoms with Crippen molar-refractivity contribution in [3.8, 4) is 12.8 Å². The zero-order valence-electron chi connectivity index (χ0n) is 7.13.